The molecule has 1 aromatic rings. The third-order valence-corrected chi connectivity index (χ3v) is 2.16. The number of amides is 1. The number of rotatable bonds is 0. The molecule has 1 aliphatic rings. The molecular weight excluding hydrogens is 212 g/mol. The second kappa shape index (κ2) is 3.58. The highest BCUT2D eigenvalue weighted by Gasteiger charge is 2.33. The highest BCUT2D eigenvalue weighted by atomic mass is 16.4. The molecule has 0 saturated carbocycles. The van der Waals surface area contributed by atoms with Gasteiger partial charge in [-0.05, 0) is 12.1 Å². The van der Waals surface area contributed by atoms with Crippen LogP contribution in [0.1, 0.15) is 10.4 Å². The predicted octanol–water partition coefficient (Wildman–Crippen LogP) is 0.221. The predicted molar refractivity (Wildman–Crippen MR) is 53.6 cm³/mol. The first-order valence-electron chi connectivity index (χ1n) is 4.36. The Morgan fingerprint density at radius 3 is 2.44 bits per heavy atom. The van der Waals surface area contributed by atoms with Crippen molar-refractivity contribution in [3.05, 3.63) is 29.8 Å². The number of hydrogen-bond donors (Lipinski definition) is 2. The lowest BCUT2D eigenvalue weighted by Crippen LogP contribution is -2.31. The molecule has 6 heteroatoms. The summed E-state index contributed by atoms with van der Waals surface area (Å²) in [7, 11) is 0. The number of carbonyl (C=O) groups excluding carboxylic acids is 3. The van der Waals surface area contributed by atoms with Crippen LogP contribution in [-0.4, -0.2) is 28.4 Å². The van der Waals surface area contributed by atoms with Gasteiger partial charge in [-0.15, -0.1) is 0 Å². The molecule has 2 N–H and O–H groups in total. The number of fused-ring (bicyclic) bond motifs is 1. The van der Waals surface area contributed by atoms with Crippen molar-refractivity contribution in [3.8, 4) is 0 Å². The van der Waals surface area contributed by atoms with Gasteiger partial charge in [0.25, 0.3) is 11.7 Å². The number of para-hydroxylation sites is 1. The van der Waals surface area contributed by atoms with E-state index in [0.717, 1.165) is 0 Å². The first kappa shape index (κ1) is 10.0. The van der Waals surface area contributed by atoms with Gasteiger partial charge in [-0.1, -0.05) is 17.3 Å². The standard InChI is InChI=1S/C10H6N2O4/c13-8-5-3-1-2-4-6(5)11-10(15)9(14)7(8)12-16/h1-4,16H,(H,11,15). The zero-order valence-electron chi connectivity index (χ0n) is 7.93. The molecule has 1 aliphatic heterocycles. The van der Waals surface area contributed by atoms with Crippen molar-refractivity contribution >= 4 is 28.9 Å². The molecule has 1 aromatic carbocycles. The smallest absolute Gasteiger partial charge is 0.298 e. The minimum absolute atomic E-state index is 0.120. The molecule has 2 rings (SSSR count). The van der Waals surface area contributed by atoms with Crippen molar-refractivity contribution in [3.63, 3.8) is 0 Å². The van der Waals surface area contributed by atoms with E-state index in [-0.39, 0.29) is 11.3 Å². The number of oxime groups is 1. The average molecular weight is 218 g/mol. The summed E-state index contributed by atoms with van der Waals surface area (Å²) in [5.74, 6) is -2.92. The molecule has 16 heavy (non-hydrogen) atoms. The molecule has 0 spiro atoms. The molecule has 0 unspecified atom stereocenters. The number of benzene rings is 1. The van der Waals surface area contributed by atoms with E-state index in [0.29, 0.717) is 0 Å². The van der Waals surface area contributed by atoms with Gasteiger partial charge < -0.3 is 10.5 Å². The first-order chi connectivity index (χ1) is 7.65. The molecule has 1 amide bonds. The van der Waals surface area contributed by atoms with Crippen LogP contribution in [0, 0.1) is 0 Å². The van der Waals surface area contributed by atoms with Crippen molar-refractivity contribution in [1.82, 2.24) is 0 Å². The number of nitrogens with zero attached hydrogens (tertiary/aromatic N) is 1. The Morgan fingerprint density at radius 2 is 1.75 bits per heavy atom. The molecule has 1 heterocycles. The van der Waals surface area contributed by atoms with Gasteiger partial charge in [0.2, 0.25) is 11.5 Å². The summed E-state index contributed by atoms with van der Waals surface area (Å²) in [4.78, 5) is 34.3. The minimum Gasteiger partial charge on any atom is -0.410 e. The fraction of sp³-hybridized carbons (Fsp3) is 0. The van der Waals surface area contributed by atoms with Crippen molar-refractivity contribution < 1.29 is 19.6 Å². The second-order valence-electron chi connectivity index (χ2n) is 3.11. The average Bonchev–Trinajstić information content (AvgIpc) is 2.37. The van der Waals surface area contributed by atoms with E-state index >= 15 is 0 Å². The maximum absolute atomic E-state index is 11.7. The largest absolute Gasteiger partial charge is 0.410 e. The van der Waals surface area contributed by atoms with Crippen LogP contribution >= 0.6 is 0 Å². The third-order valence-electron chi connectivity index (χ3n) is 2.16. The second-order valence-corrected chi connectivity index (χ2v) is 3.11. The van der Waals surface area contributed by atoms with Crippen LogP contribution in [0.3, 0.4) is 0 Å². The van der Waals surface area contributed by atoms with Crippen LogP contribution in [0.25, 0.3) is 0 Å². The van der Waals surface area contributed by atoms with Gasteiger partial charge in [-0.2, -0.15) is 0 Å². The van der Waals surface area contributed by atoms with Gasteiger partial charge in [-0.3, -0.25) is 14.4 Å². The molecule has 6 nitrogen and oxygen atoms in total. The fourth-order valence-electron chi connectivity index (χ4n) is 1.40. The lowest BCUT2D eigenvalue weighted by Gasteiger charge is -2.02. The van der Waals surface area contributed by atoms with Crippen LogP contribution < -0.4 is 5.32 Å². The molecule has 0 atom stereocenters. The van der Waals surface area contributed by atoms with Crippen LogP contribution in [0.5, 0.6) is 0 Å². The van der Waals surface area contributed by atoms with Gasteiger partial charge in [0.15, 0.2) is 0 Å². The van der Waals surface area contributed by atoms with E-state index in [1.165, 1.54) is 12.1 Å². The maximum atomic E-state index is 11.7. The van der Waals surface area contributed by atoms with E-state index in [1.807, 2.05) is 0 Å². The number of anilines is 1. The van der Waals surface area contributed by atoms with E-state index in [4.69, 9.17) is 5.21 Å². The zero-order chi connectivity index (χ0) is 11.7. The number of nitrogens with one attached hydrogen (secondary N) is 1. The van der Waals surface area contributed by atoms with Gasteiger partial charge in [0.1, 0.15) is 0 Å². The van der Waals surface area contributed by atoms with Crippen molar-refractivity contribution in [2.45, 2.75) is 0 Å². The Kier molecular flexibility index (Phi) is 2.24. The lowest BCUT2D eigenvalue weighted by atomic mass is 10.0. The van der Waals surface area contributed by atoms with Gasteiger partial charge in [-0.25, -0.2) is 0 Å². The van der Waals surface area contributed by atoms with Crippen LogP contribution in [0.2, 0.25) is 0 Å². The molecule has 0 aromatic heterocycles. The first-order valence-corrected chi connectivity index (χ1v) is 4.36. The molecule has 0 bridgehead atoms. The normalized spacial score (nSPS) is 18.0. The van der Waals surface area contributed by atoms with Gasteiger partial charge >= 0.3 is 0 Å². The van der Waals surface area contributed by atoms with Crippen LogP contribution in [0.15, 0.2) is 29.4 Å². The molecule has 0 aliphatic carbocycles. The van der Waals surface area contributed by atoms with E-state index in [2.05, 4.69) is 10.5 Å². The Balaban J connectivity index is 2.66. The molecule has 0 saturated heterocycles. The molecule has 0 radical (unpaired) electrons. The van der Waals surface area contributed by atoms with Crippen molar-refractivity contribution in [1.29, 1.82) is 0 Å². The summed E-state index contributed by atoms with van der Waals surface area (Å²) >= 11 is 0. The highest BCUT2D eigenvalue weighted by Crippen LogP contribution is 2.19. The van der Waals surface area contributed by atoms with Crippen molar-refractivity contribution in [2.75, 3.05) is 5.32 Å². The van der Waals surface area contributed by atoms with E-state index < -0.39 is 23.2 Å². The van der Waals surface area contributed by atoms with Gasteiger partial charge in [0.05, 0.1) is 5.69 Å². The van der Waals surface area contributed by atoms with Crippen molar-refractivity contribution in [2.24, 2.45) is 5.16 Å². The van der Waals surface area contributed by atoms with Crippen LogP contribution in [-0.2, 0) is 9.59 Å². The fourth-order valence-corrected chi connectivity index (χ4v) is 1.40. The lowest BCUT2D eigenvalue weighted by molar-refractivity contribution is -0.130. The maximum Gasteiger partial charge on any atom is 0.298 e. The highest BCUT2D eigenvalue weighted by molar-refractivity contribution is 6.83. The summed E-state index contributed by atoms with van der Waals surface area (Å²) < 4.78 is 0. The molecule has 0 fully saturated rings. The Hall–Kier alpha value is -2.50. The monoisotopic (exact) mass is 218 g/mol. The summed E-state index contributed by atoms with van der Waals surface area (Å²) in [5, 5.41) is 13.4. The number of hydrogen-bond acceptors (Lipinski definition) is 5. The summed E-state index contributed by atoms with van der Waals surface area (Å²) in [6.07, 6.45) is 0. The third kappa shape index (κ3) is 1.36. The molecular formula is C10H6N2O4. The molecule has 80 valence electrons. The van der Waals surface area contributed by atoms with E-state index in [1.54, 1.807) is 12.1 Å². The Bertz CT molecular complexity index is 533. The van der Waals surface area contributed by atoms with Crippen LogP contribution in [0.4, 0.5) is 5.69 Å². The number of ketones is 2. The number of Topliss-reactive ketones (excluding diaryl/α,β-unsaturated/α-hetero) is 2. The topological polar surface area (TPSA) is 95.8 Å². The van der Waals surface area contributed by atoms with E-state index in [9.17, 15) is 14.4 Å². The summed E-state index contributed by atoms with van der Waals surface area (Å²) in [6, 6.07) is 6.10. The quantitative estimate of drug-likeness (QED) is 0.370. The summed E-state index contributed by atoms with van der Waals surface area (Å²) in [5.41, 5.74) is -0.429. The van der Waals surface area contributed by atoms with Gasteiger partial charge in [0, 0.05) is 5.56 Å². The SMILES string of the molecule is O=C1Nc2ccccc2C(=O)C(=NO)C1=O. The Morgan fingerprint density at radius 1 is 1.06 bits per heavy atom. The summed E-state index contributed by atoms with van der Waals surface area (Å²) in [6.45, 7) is 0. The number of carbonyl (C=O) groups is 3. The minimum atomic E-state index is -1.15. The zero-order valence-corrected chi connectivity index (χ0v) is 7.93. The Labute approximate surface area is 89.6 Å².